The van der Waals surface area contributed by atoms with Gasteiger partial charge in [0.05, 0.1) is 24.4 Å². The first-order chi connectivity index (χ1) is 11.7. The molecule has 0 saturated carbocycles. The Morgan fingerprint density at radius 3 is 2.83 bits per heavy atom. The molecule has 122 valence electrons. The first-order valence-electron chi connectivity index (χ1n) is 7.56. The second-order valence-corrected chi connectivity index (χ2v) is 5.27. The molecule has 1 aromatic heterocycles. The molecule has 0 aliphatic heterocycles. The number of methoxy groups -OCH3 is 1. The number of para-hydroxylation sites is 3. The Bertz CT molecular complexity index is 899. The number of nitrogens with zero attached hydrogens (tertiary/aromatic N) is 3. The molecule has 0 fully saturated rings. The molecule has 6 heteroatoms. The molecule has 0 bridgehead atoms. The van der Waals surface area contributed by atoms with E-state index in [1.165, 1.54) is 0 Å². The molecule has 6 nitrogen and oxygen atoms in total. The third-order valence-corrected chi connectivity index (χ3v) is 3.68. The van der Waals surface area contributed by atoms with E-state index in [1.54, 1.807) is 13.3 Å². The van der Waals surface area contributed by atoms with Crippen molar-refractivity contribution >= 4 is 23.2 Å². The molecule has 0 saturated heterocycles. The Balaban J connectivity index is 1.69. The van der Waals surface area contributed by atoms with Gasteiger partial charge >= 0.3 is 0 Å². The van der Waals surface area contributed by atoms with Crippen molar-refractivity contribution in [1.82, 2.24) is 15.0 Å². The number of benzene rings is 2. The number of aryl methyl sites for hydroxylation is 1. The Hall–Kier alpha value is -3.15. The predicted octanol–water partition coefficient (Wildman–Crippen LogP) is 2.50. The van der Waals surface area contributed by atoms with E-state index in [0.29, 0.717) is 5.75 Å². The summed E-state index contributed by atoms with van der Waals surface area (Å²) in [5.74, 6) is 1.28. The molecule has 0 unspecified atom stereocenters. The van der Waals surface area contributed by atoms with Crippen molar-refractivity contribution in [3.63, 3.8) is 0 Å². The van der Waals surface area contributed by atoms with Crippen LogP contribution in [0, 0.1) is 6.92 Å². The fourth-order valence-corrected chi connectivity index (χ4v) is 2.52. The van der Waals surface area contributed by atoms with Gasteiger partial charge in [0.15, 0.2) is 0 Å². The first kappa shape index (κ1) is 15.7. The van der Waals surface area contributed by atoms with Gasteiger partial charge in [-0.25, -0.2) is 10.4 Å². The number of aromatic nitrogens is 2. The molecule has 1 amide bonds. The molecule has 0 atom stereocenters. The summed E-state index contributed by atoms with van der Waals surface area (Å²) in [5.41, 5.74) is 5.14. The number of fused-ring (bicyclic) bond motifs is 1. The second kappa shape index (κ2) is 6.95. The number of nitrogens with one attached hydrogen (secondary N) is 1. The Kier molecular flexibility index (Phi) is 4.56. The van der Waals surface area contributed by atoms with Crippen LogP contribution in [0.25, 0.3) is 11.0 Å². The largest absolute Gasteiger partial charge is 0.496 e. The lowest BCUT2D eigenvalue weighted by Crippen LogP contribution is -2.23. The Morgan fingerprint density at radius 1 is 1.25 bits per heavy atom. The van der Waals surface area contributed by atoms with E-state index in [-0.39, 0.29) is 12.5 Å². The highest BCUT2D eigenvalue weighted by atomic mass is 16.5. The number of hydrogen-bond acceptors (Lipinski definition) is 4. The summed E-state index contributed by atoms with van der Waals surface area (Å²) in [6, 6.07) is 15.2. The van der Waals surface area contributed by atoms with Crippen molar-refractivity contribution in [1.29, 1.82) is 0 Å². The van der Waals surface area contributed by atoms with Crippen molar-refractivity contribution in [2.45, 2.75) is 13.5 Å². The number of ether oxygens (including phenoxy) is 1. The topological polar surface area (TPSA) is 68.5 Å². The third-order valence-electron chi connectivity index (χ3n) is 3.68. The third kappa shape index (κ3) is 3.27. The Morgan fingerprint density at radius 2 is 2.00 bits per heavy atom. The second-order valence-electron chi connectivity index (χ2n) is 5.27. The summed E-state index contributed by atoms with van der Waals surface area (Å²) in [5, 5.41) is 4.00. The molecule has 3 aromatic rings. The number of hydrogen-bond donors (Lipinski definition) is 1. The minimum absolute atomic E-state index is 0.162. The lowest BCUT2D eigenvalue weighted by Gasteiger charge is -2.06. The highest BCUT2D eigenvalue weighted by Gasteiger charge is 2.10. The molecule has 1 N–H and O–H groups in total. The van der Waals surface area contributed by atoms with Crippen molar-refractivity contribution in [3.05, 3.63) is 59.9 Å². The van der Waals surface area contributed by atoms with Crippen molar-refractivity contribution in [3.8, 4) is 5.75 Å². The lowest BCUT2D eigenvalue weighted by atomic mass is 10.2. The molecule has 24 heavy (non-hydrogen) atoms. The zero-order valence-corrected chi connectivity index (χ0v) is 13.6. The van der Waals surface area contributed by atoms with Crippen LogP contribution >= 0.6 is 0 Å². The highest BCUT2D eigenvalue weighted by Crippen LogP contribution is 2.15. The van der Waals surface area contributed by atoms with E-state index >= 15 is 0 Å². The quantitative estimate of drug-likeness (QED) is 0.580. The zero-order chi connectivity index (χ0) is 16.9. The Labute approximate surface area is 139 Å². The van der Waals surface area contributed by atoms with Crippen LogP contribution in [0.1, 0.15) is 11.4 Å². The smallest absolute Gasteiger partial charge is 0.260 e. The van der Waals surface area contributed by atoms with Crippen molar-refractivity contribution in [2.24, 2.45) is 5.10 Å². The number of amides is 1. The average molecular weight is 322 g/mol. The van der Waals surface area contributed by atoms with E-state index in [9.17, 15) is 4.79 Å². The monoisotopic (exact) mass is 322 g/mol. The molecule has 2 aromatic carbocycles. The van der Waals surface area contributed by atoms with Gasteiger partial charge in [0, 0.05) is 5.56 Å². The molecule has 0 radical (unpaired) electrons. The van der Waals surface area contributed by atoms with E-state index in [0.717, 1.165) is 22.4 Å². The summed E-state index contributed by atoms with van der Waals surface area (Å²) in [7, 11) is 1.60. The van der Waals surface area contributed by atoms with E-state index in [4.69, 9.17) is 4.74 Å². The van der Waals surface area contributed by atoms with Crippen LogP contribution < -0.4 is 10.2 Å². The van der Waals surface area contributed by atoms with Gasteiger partial charge in [-0.2, -0.15) is 5.10 Å². The van der Waals surface area contributed by atoms with Crippen LogP contribution in [0.4, 0.5) is 0 Å². The molecule has 0 spiro atoms. The number of imidazole rings is 1. The van der Waals surface area contributed by atoms with Crippen LogP contribution in [0.3, 0.4) is 0 Å². The van der Waals surface area contributed by atoms with Crippen molar-refractivity contribution in [2.75, 3.05) is 7.11 Å². The van der Waals surface area contributed by atoms with Crippen LogP contribution in [-0.2, 0) is 11.3 Å². The van der Waals surface area contributed by atoms with Crippen molar-refractivity contribution < 1.29 is 9.53 Å². The number of hydrazone groups is 1. The number of rotatable bonds is 5. The molecule has 3 rings (SSSR count). The minimum atomic E-state index is -0.215. The first-order valence-corrected chi connectivity index (χ1v) is 7.56. The summed E-state index contributed by atoms with van der Waals surface area (Å²) in [6.45, 7) is 2.04. The summed E-state index contributed by atoms with van der Waals surface area (Å²) in [4.78, 5) is 16.6. The van der Waals surface area contributed by atoms with Crippen LogP contribution in [-0.4, -0.2) is 28.8 Å². The average Bonchev–Trinajstić information content (AvgIpc) is 2.91. The van der Waals surface area contributed by atoms with Gasteiger partial charge in [-0.15, -0.1) is 0 Å². The molecular formula is C18H18N4O2. The SMILES string of the molecule is COc1ccccc1C=NNC(=O)Cn1c(C)nc2ccccc21. The summed E-state index contributed by atoms with van der Waals surface area (Å²) >= 11 is 0. The maximum absolute atomic E-state index is 12.1. The molecular weight excluding hydrogens is 304 g/mol. The molecule has 0 aliphatic rings. The summed E-state index contributed by atoms with van der Waals surface area (Å²) in [6.07, 6.45) is 1.57. The van der Waals surface area contributed by atoms with Gasteiger partial charge in [0.2, 0.25) is 0 Å². The van der Waals surface area contributed by atoms with Gasteiger partial charge < -0.3 is 9.30 Å². The fourth-order valence-electron chi connectivity index (χ4n) is 2.52. The zero-order valence-electron chi connectivity index (χ0n) is 13.6. The lowest BCUT2D eigenvalue weighted by molar-refractivity contribution is -0.121. The fraction of sp³-hybridized carbons (Fsp3) is 0.167. The summed E-state index contributed by atoms with van der Waals surface area (Å²) < 4.78 is 7.10. The van der Waals surface area contributed by atoms with Gasteiger partial charge in [-0.3, -0.25) is 4.79 Å². The van der Waals surface area contributed by atoms with Gasteiger partial charge in [0.25, 0.3) is 5.91 Å². The number of carbonyl (C=O) groups is 1. The van der Waals surface area contributed by atoms with Crippen LogP contribution in [0.15, 0.2) is 53.6 Å². The van der Waals surface area contributed by atoms with Crippen LogP contribution in [0.5, 0.6) is 5.75 Å². The van der Waals surface area contributed by atoms with E-state index in [1.807, 2.05) is 60.0 Å². The number of carbonyl (C=O) groups excluding carboxylic acids is 1. The molecule has 0 aliphatic carbocycles. The predicted molar refractivity (Wildman–Crippen MR) is 93.2 cm³/mol. The van der Waals surface area contributed by atoms with E-state index in [2.05, 4.69) is 15.5 Å². The normalized spacial score (nSPS) is 11.1. The highest BCUT2D eigenvalue weighted by molar-refractivity contribution is 5.85. The van der Waals surface area contributed by atoms with Gasteiger partial charge in [-0.1, -0.05) is 24.3 Å². The minimum Gasteiger partial charge on any atom is -0.496 e. The standard InChI is InChI=1S/C18H18N4O2/c1-13-20-15-8-4-5-9-16(15)22(13)12-18(23)21-19-11-14-7-3-6-10-17(14)24-2/h3-11H,12H2,1-2H3,(H,21,23). The molecule has 1 heterocycles. The maximum Gasteiger partial charge on any atom is 0.260 e. The van der Waals surface area contributed by atoms with Gasteiger partial charge in [0.1, 0.15) is 18.1 Å². The van der Waals surface area contributed by atoms with Crippen LogP contribution in [0.2, 0.25) is 0 Å². The van der Waals surface area contributed by atoms with E-state index < -0.39 is 0 Å². The van der Waals surface area contributed by atoms with Gasteiger partial charge in [-0.05, 0) is 31.2 Å². The maximum atomic E-state index is 12.1.